The van der Waals surface area contributed by atoms with Crippen molar-refractivity contribution in [3.8, 4) is 0 Å². The lowest BCUT2D eigenvalue weighted by Gasteiger charge is -2.11. The second-order valence-corrected chi connectivity index (χ2v) is 3.78. The highest BCUT2D eigenvalue weighted by molar-refractivity contribution is 7.97. The molecule has 0 spiro atoms. The quantitative estimate of drug-likeness (QED) is 0.561. The van der Waals surface area contributed by atoms with Gasteiger partial charge >= 0.3 is 0 Å². The summed E-state index contributed by atoms with van der Waals surface area (Å²) in [7, 11) is 2.05. The van der Waals surface area contributed by atoms with Crippen LogP contribution in [0.3, 0.4) is 0 Å². The van der Waals surface area contributed by atoms with E-state index in [1.807, 2.05) is 24.3 Å². The zero-order valence-corrected chi connectivity index (χ0v) is 9.28. The first-order valence-corrected chi connectivity index (χ1v) is 4.65. The fourth-order valence-corrected chi connectivity index (χ4v) is 1.70. The first-order chi connectivity index (χ1) is 5.83. The molecule has 1 rings (SSSR count). The van der Waals surface area contributed by atoms with Crippen molar-refractivity contribution in [1.82, 2.24) is 4.31 Å². The van der Waals surface area contributed by atoms with Gasteiger partial charge < -0.3 is 0 Å². The van der Waals surface area contributed by atoms with Gasteiger partial charge in [-0.1, -0.05) is 24.3 Å². The molecule has 0 radical (unpaired) electrons. The molecular weight excluding hydrogens is 202 g/mol. The van der Waals surface area contributed by atoms with Crippen molar-refractivity contribution in [2.75, 3.05) is 13.6 Å². The van der Waals surface area contributed by atoms with Crippen molar-refractivity contribution in [1.29, 1.82) is 0 Å². The summed E-state index contributed by atoms with van der Waals surface area (Å²) in [6.07, 6.45) is 1.90. The molecule has 0 aliphatic heterocycles. The topological polar surface area (TPSA) is 3.24 Å². The molecule has 0 fully saturated rings. The Morgan fingerprint density at radius 2 is 2.00 bits per heavy atom. The molecule has 0 heterocycles. The van der Waals surface area contributed by atoms with Crippen LogP contribution in [0.2, 0.25) is 0 Å². The summed E-state index contributed by atoms with van der Waals surface area (Å²) in [5.74, 6) is 0. The third-order valence-corrected chi connectivity index (χ3v) is 2.33. The number of benzene rings is 1. The first kappa shape index (κ1) is 12.6. The van der Waals surface area contributed by atoms with Crippen LogP contribution in [0.4, 0.5) is 0 Å². The average molecular weight is 216 g/mol. The minimum absolute atomic E-state index is 0. The van der Waals surface area contributed by atoms with Gasteiger partial charge in [-0.15, -0.1) is 19.0 Å². The molecule has 0 saturated carbocycles. The van der Waals surface area contributed by atoms with Gasteiger partial charge in [0.25, 0.3) is 0 Å². The van der Waals surface area contributed by atoms with E-state index in [9.17, 15) is 0 Å². The molecule has 1 nitrogen and oxygen atoms in total. The molecule has 0 N–H and O–H groups in total. The van der Waals surface area contributed by atoms with E-state index >= 15 is 0 Å². The molecule has 72 valence electrons. The number of hydrogen-bond donors (Lipinski definition) is 0. The number of nitrogens with zero attached hydrogens (tertiary/aromatic N) is 1. The summed E-state index contributed by atoms with van der Waals surface area (Å²) >= 11 is 1.73. The van der Waals surface area contributed by atoms with Crippen molar-refractivity contribution >= 4 is 24.4 Å². The summed E-state index contributed by atoms with van der Waals surface area (Å²) in [6, 6.07) is 10.3. The van der Waals surface area contributed by atoms with Gasteiger partial charge in [0, 0.05) is 11.4 Å². The molecule has 0 unspecified atom stereocenters. The van der Waals surface area contributed by atoms with E-state index in [-0.39, 0.29) is 12.4 Å². The molecular formula is C10H14ClNS. The fraction of sp³-hybridized carbons (Fsp3) is 0.200. The van der Waals surface area contributed by atoms with E-state index in [2.05, 4.69) is 30.1 Å². The minimum atomic E-state index is 0. The average Bonchev–Trinajstić information content (AvgIpc) is 2.06. The van der Waals surface area contributed by atoms with Crippen LogP contribution in [0.1, 0.15) is 0 Å². The smallest absolute Gasteiger partial charge is 0.0268 e. The maximum Gasteiger partial charge on any atom is 0.0268 e. The van der Waals surface area contributed by atoms with Crippen LogP contribution in [0.25, 0.3) is 0 Å². The Balaban J connectivity index is 0.00000144. The standard InChI is InChI=1S/C10H13NS.ClH/c1-3-9-11(2)12-10-7-5-4-6-8-10;/h3-8H,1,9H2,2H3;1H. The van der Waals surface area contributed by atoms with E-state index in [0.29, 0.717) is 0 Å². The molecule has 1 aromatic rings. The van der Waals surface area contributed by atoms with Gasteiger partial charge in [0.1, 0.15) is 0 Å². The minimum Gasteiger partial charge on any atom is -0.246 e. The summed E-state index contributed by atoms with van der Waals surface area (Å²) in [4.78, 5) is 1.27. The van der Waals surface area contributed by atoms with Crippen LogP contribution in [-0.2, 0) is 0 Å². The predicted molar refractivity (Wildman–Crippen MR) is 62.4 cm³/mol. The third-order valence-electron chi connectivity index (χ3n) is 1.39. The van der Waals surface area contributed by atoms with Crippen LogP contribution < -0.4 is 0 Å². The second-order valence-electron chi connectivity index (χ2n) is 2.50. The number of likely N-dealkylation sites (N-methyl/N-ethyl adjacent to an activating group) is 1. The molecule has 0 aliphatic rings. The molecule has 0 saturated heterocycles. The van der Waals surface area contributed by atoms with Gasteiger partial charge in [-0.25, -0.2) is 4.31 Å². The van der Waals surface area contributed by atoms with Gasteiger partial charge in [-0.2, -0.15) is 0 Å². The third kappa shape index (κ3) is 4.98. The Labute approximate surface area is 90.4 Å². The summed E-state index contributed by atoms with van der Waals surface area (Å²) in [5, 5.41) is 0. The Bertz CT molecular complexity index is 238. The van der Waals surface area contributed by atoms with Crippen LogP contribution in [-0.4, -0.2) is 17.9 Å². The lowest BCUT2D eigenvalue weighted by atomic mass is 10.4. The lowest BCUT2D eigenvalue weighted by molar-refractivity contribution is 0.636. The highest BCUT2D eigenvalue weighted by Crippen LogP contribution is 2.19. The molecule has 0 aliphatic carbocycles. The molecule has 3 heteroatoms. The molecule has 0 bridgehead atoms. The highest BCUT2D eigenvalue weighted by Gasteiger charge is 1.96. The van der Waals surface area contributed by atoms with Gasteiger partial charge in [0.05, 0.1) is 0 Å². The summed E-state index contributed by atoms with van der Waals surface area (Å²) in [5.41, 5.74) is 0. The summed E-state index contributed by atoms with van der Waals surface area (Å²) in [6.45, 7) is 4.59. The zero-order valence-electron chi connectivity index (χ0n) is 7.64. The van der Waals surface area contributed by atoms with E-state index in [1.54, 1.807) is 11.9 Å². The Morgan fingerprint density at radius 3 is 2.54 bits per heavy atom. The molecule has 0 aromatic heterocycles. The van der Waals surface area contributed by atoms with Crippen molar-refractivity contribution in [3.05, 3.63) is 43.0 Å². The fourth-order valence-electron chi connectivity index (χ4n) is 0.880. The Kier molecular flexibility index (Phi) is 6.77. The zero-order chi connectivity index (χ0) is 8.81. The molecule has 0 amide bonds. The van der Waals surface area contributed by atoms with E-state index in [0.717, 1.165) is 6.54 Å². The Hall–Kier alpha value is -0.440. The number of rotatable bonds is 4. The summed E-state index contributed by atoms with van der Waals surface area (Å²) < 4.78 is 2.14. The number of halogens is 1. The van der Waals surface area contributed by atoms with Crippen LogP contribution >= 0.6 is 24.4 Å². The maximum absolute atomic E-state index is 3.69. The first-order valence-electron chi connectivity index (χ1n) is 3.88. The van der Waals surface area contributed by atoms with Gasteiger partial charge in [-0.3, -0.25) is 0 Å². The van der Waals surface area contributed by atoms with Crippen LogP contribution in [0.5, 0.6) is 0 Å². The van der Waals surface area contributed by atoms with Crippen LogP contribution in [0.15, 0.2) is 47.9 Å². The normalized spacial score (nSPS) is 9.38. The monoisotopic (exact) mass is 215 g/mol. The van der Waals surface area contributed by atoms with Gasteiger partial charge in [0.15, 0.2) is 0 Å². The van der Waals surface area contributed by atoms with Gasteiger partial charge in [0.2, 0.25) is 0 Å². The van der Waals surface area contributed by atoms with Crippen molar-refractivity contribution < 1.29 is 0 Å². The van der Waals surface area contributed by atoms with Gasteiger partial charge in [-0.05, 0) is 31.1 Å². The molecule has 0 atom stereocenters. The lowest BCUT2D eigenvalue weighted by Crippen LogP contribution is -2.07. The second kappa shape index (κ2) is 7.01. The Morgan fingerprint density at radius 1 is 1.38 bits per heavy atom. The van der Waals surface area contributed by atoms with E-state index in [1.165, 1.54) is 4.90 Å². The molecule has 13 heavy (non-hydrogen) atoms. The van der Waals surface area contributed by atoms with E-state index in [4.69, 9.17) is 0 Å². The highest BCUT2D eigenvalue weighted by atomic mass is 35.5. The van der Waals surface area contributed by atoms with E-state index < -0.39 is 0 Å². The number of hydrogen-bond acceptors (Lipinski definition) is 2. The molecule has 1 aromatic carbocycles. The maximum atomic E-state index is 3.69. The van der Waals surface area contributed by atoms with Crippen molar-refractivity contribution in [3.63, 3.8) is 0 Å². The van der Waals surface area contributed by atoms with Crippen LogP contribution in [0, 0.1) is 0 Å². The van der Waals surface area contributed by atoms with Crippen molar-refractivity contribution in [2.24, 2.45) is 0 Å². The largest absolute Gasteiger partial charge is 0.246 e. The van der Waals surface area contributed by atoms with Crippen molar-refractivity contribution in [2.45, 2.75) is 4.90 Å². The predicted octanol–water partition coefficient (Wildman–Crippen LogP) is 3.23. The SMILES string of the molecule is C=CCN(C)Sc1ccccc1.Cl.